The number of aromatic nitrogens is 3. The van der Waals surface area contributed by atoms with Crippen LogP contribution in [0.25, 0.3) is 11.3 Å². The van der Waals surface area contributed by atoms with Gasteiger partial charge in [0.25, 0.3) is 0 Å². The Morgan fingerprint density at radius 3 is 2.55 bits per heavy atom. The number of carboxylic acid groups (broad SMARTS) is 1. The number of rotatable bonds is 6. The molecule has 4 rings (SSSR count). The molecular weight excluding hydrogens is 428 g/mol. The number of hydrogen-bond donors (Lipinski definition) is 1. The minimum Gasteiger partial charge on any atom is -0.480 e. The van der Waals surface area contributed by atoms with Gasteiger partial charge in [-0.3, -0.25) is 4.79 Å². The van der Waals surface area contributed by atoms with Gasteiger partial charge < -0.3 is 14.7 Å². The fourth-order valence-electron chi connectivity index (χ4n) is 4.23. The summed E-state index contributed by atoms with van der Waals surface area (Å²) < 4.78 is 30.8. The smallest absolute Gasteiger partial charge is 0.361 e. The Bertz CT molecular complexity index is 1180. The normalized spacial score (nSPS) is 26.3. The van der Waals surface area contributed by atoms with Crippen LogP contribution in [0.1, 0.15) is 30.8 Å². The molecule has 1 aromatic carbocycles. The van der Waals surface area contributed by atoms with Crippen molar-refractivity contribution < 1.29 is 32.6 Å². The summed E-state index contributed by atoms with van der Waals surface area (Å²) in [7, 11) is -4.05. The maximum atomic E-state index is 13.2. The summed E-state index contributed by atoms with van der Waals surface area (Å²) >= 11 is 0. The lowest BCUT2D eigenvalue weighted by Crippen LogP contribution is -2.58. The van der Waals surface area contributed by atoms with E-state index in [0.717, 1.165) is 4.90 Å². The summed E-state index contributed by atoms with van der Waals surface area (Å²) in [6.07, 6.45) is -0.251. The lowest BCUT2D eigenvalue weighted by atomic mass is 9.96. The van der Waals surface area contributed by atoms with E-state index in [0.29, 0.717) is 5.56 Å². The number of aliphatic carboxylic acids is 1. The van der Waals surface area contributed by atoms with E-state index in [2.05, 4.69) is 10.3 Å². The maximum absolute atomic E-state index is 13.2. The van der Waals surface area contributed by atoms with Crippen molar-refractivity contribution in [3.8, 4) is 11.3 Å². The number of carbonyl (C=O) groups excluding carboxylic acids is 2. The number of benzene rings is 1. The number of fused-ring (bicyclic) bond motifs is 1. The van der Waals surface area contributed by atoms with Gasteiger partial charge in [0.2, 0.25) is 5.91 Å². The van der Waals surface area contributed by atoms with Crippen molar-refractivity contribution in [1.29, 1.82) is 0 Å². The summed E-state index contributed by atoms with van der Waals surface area (Å²) in [5.41, 5.74) is 0.624. The van der Waals surface area contributed by atoms with E-state index >= 15 is 0 Å². The lowest BCUT2D eigenvalue weighted by Gasteiger charge is -2.35. The largest absolute Gasteiger partial charge is 0.480 e. The second kappa shape index (κ2) is 7.15. The second-order valence-electron chi connectivity index (χ2n) is 7.59. The lowest BCUT2D eigenvalue weighted by molar-refractivity contribution is -0.157. The molecule has 2 aromatic rings. The van der Waals surface area contributed by atoms with E-state index in [-0.39, 0.29) is 24.4 Å². The molecule has 3 atom stereocenters. The first-order valence-electron chi connectivity index (χ1n) is 9.57. The predicted molar refractivity (Wildman–Crippen MR) is 105 cm³/mol. The molecule has 0 bridgehead atoms. The van der Waals surface area contributed by atoms with Gasteiger partial charge in [-0.15, -0.1) is 5.10 Å². The number of hydrogen-bond acceptors (Lipinski definition) is 8. The van der Waals surface area contributed by atoms with Crippen LogP contribution in [0.3, 0.4) is 0 Å². The number of β-lactam (4-membered cyclic amide) rings is 1. The third-order valence-corrected chi connectivity index (χ3v) is 8.52. The molecular formula is C19H20N4O7S. The first-order valence-corrected chi connectivity index (χ1v) is 11.1. The summed E-state index contributed by atoms with van der Waals surface area (Å²) in [6.45, 7) is 2.61. The Kier molecular flexibility index (Phi) is 4.84. The van der Waals surface area contributed by atoms with Crippen LogP contribution in [-0.4, -0.2) is 74.0 Å². The van der Waals surface area contributed by atoms with Crippen LogP contribution in [-0.2, 0) is 30.7 Å². The van der Waals surface area contributed by atoms with Crippen LogP contribution in [0.15, 0.2) is 30.3 Å². The zero-order valence-electron chi connectivity index (χ0n) is 16.8. The van der Waals surface area contributed by atoms with E-state index < -0.39 is 50.4 Å². The highest BCUT2D eigenvalue weighted by molar-refractivity contribution is 7.93. The molecule has 164 valence electrons. The Balaban J connectivity index is 1.85. The van der Waals surface area contributed by atoms with Gasteiger partial charge in [-0.1, -0.05) is 35.5 Å². The van der Waals surface area contributed by atoms with Crippen molar-refractivity contribution in [1.82, 2.24) is 19.9 Å². The Morgan fingerprint density at radius 1 is 1.29 bits per heavy atom. The van der Waals surface area contributed by atoms with Crippen molar-refractivity contribution in [3.63, 3.8) is 0 Å². The topological polar surface area (TPSA) is 149 Å². The average molecular weight is 448 g/mol. The Labute approximate surface area is 177 Å². The Morgan fingerprint density at radius 2 is 1.97 bits per heavy atom. The quantitative estimate of drug-likeness (QED) is 0.487. The molecule has 31 heavy (non-hydrogen) atoms. The zero-order chi connectivity index (χ0) is 22.6. The SMILES string of the molecule is CCOC(=O)c1nnn(C[C@@]2(C)[C@H](C(=O)O)N3C(=O)C[C@H]3S2(=O)=O)c1-c1ccccc1. The molecule has 2 saturated heterocycles. The monoisotopic (exact) mass is 448 g/mol. The molecule has 2 aliphatic rings. The summed E-state index contributed by atoms with van der Waals surface area (Å²) in [5.74, 6) is -2.69. The molecule has 0 unspecified atom stereocenters. The van der Waals surface area contributed by atoms with Crippen LogP contribution in [0.5, 0.6) is 0 Å². The fourth-order valence-corrected chi connectivity index (χ4v) is 6.58. The molecule has 11 nitrogen and oxygen atoms in total. The first kappa shape index (κ1) is 21.0. The van der Waals surface area contributed by atoms with Gasteiger partial charge in [-0.25, -0.2) is 22.7 Å². The van der Waals surface area contributed by atoms with Gasteiger partial charge >= 0.3 is 11.9 Å². The van der Waals surface area contributed by atoms with Gasteiger partial charge in [0, 0.05) is 5.56 Å². The number of sulfone groups is 1. The molecule has 0 aliphatic carbocycles. The molecule has 2 aliphatic heterocycles. The molecule has 0 radical (unpaired) electrons. The van der Waals surface area contributed by atoms with E-state index in [9.17, 15) is 27.9 Å². The zero-order valence-corrected chi connectivity index (χ0v) is 17.6. The number of amides is 1. The Hall–Kier alpha value is -3.28. The third-order valence-electron chi connectivity index (χ3n) is 5.76. The van der Waals surface area contributed by atoms with Crippen LogP contribution in [0.2, 0.25) is 0 Å². The highest BCUT2D eigenvalue weighted by Crippen LogP contribution is 2.47. The average Bonchev–Trinajstić information content (AvgIpc) is 3.18. The van der Waals surface area contributed by atoms with Crippen molar-refractivity contribution in [2.75, 3.05) is 6.61 Å². The third kappa shape index (κ3) is 2.92. The molecule has 0 saturated carbocycles. The standard InChI is InChI=1S/C19H20N4O7S/c1-3-30-18(27)14-15(11-7-5-4-6-8-11)22(21-20-14)10-19(2)16(17(25)26)23-12(24)9-13(23)31(19,28)29/h4-8,13,16H,3,9-10H2,1-2H3,(H,25,26)/t13-,16+,19+/m1/s1. The first-order chi connectivity index (χ1) is 14.6. The van der Waals surface area contributed by atoms with Gasteiger partial charge in [0.15, 0.2) is 21.6 Å². The number of nitrogens with zero attached hydrogens (tertiary/aromatic N) is 4. The van der Waals surface area contributed by atoms with E-state index in [1.54, 1.807) is 37.3 Å². The minimum atomic E-state index is -4.05. The predicted octanol–water partition coefficient (Wildman–Crippen LogP) is 0.321. The van der Waals surface area contributed by atoms with Crippen LogP contribution in [0, 0.1) is 0 Å². The number of carbonyl (C=O) groups is 3. The molecule has 0 spiro atoms. The van der Waals surface area contributed by atoms with Crippen LogP contribution in [0.4, 0.5) is 0 Å². The van der Waals surface area contributed by atoms with E-state index in [1.165, 1.54) is 11.6 Å². The van der Waals surface area contributed by atoms with Crippen molar-refractivity contribution in [2.24, 2.45) is 0 Å². The molecule has 1 aromatic heterocycles. The molecule has 3 heterocycles. The second-order valence-corrected chi connectivity index (χ2v) is 10.2. The number of carboxylic acids is 1. The van der Waals surface area contributed by atoms with Crippen molar-refractivity contribution in [3.05, 3.63) is 36.0 Å². The fraction of sp³-hybridized carbons (Fsp3) is 0.421. The molecule has 1 amide bonds. The van der Waals surface area contributed by atoms with Gasteiger partial charge in [0.05, 0.1) is 19.6 Å². The number of esters is 1. The number of ether oxygens (including phenoxy) is 1. The summed E-state index contributed by atoms with van der Waals surface area (Å²) in [6, 6.07) is 7.01. The van der Waals surface area contributed by atoms with Crippen LogP contribution >= 0.6 is 0 Å². The molecule has 1 N–H and O–H groups in total. The highest BCUT2D eigenvalue weighted by Gasteiger charge is 2.70. The highest BCUT2D eigenvalue weighted by atomic mass is 32.2. The molecule has 12 heteroatoms. The van der Waals surface area contributed by atoms with Crippen molar-refractivity contribution >= 4 is 27.7 Å². The van der Waals surface area contributed by atoms with Gasteiger partial charge in [-0.05, 0) is 13.8 Å². The minimum absolute atomic E-state index is 0.103. The summed E-state index contributed by atoms with van der Waals surface area (Å²) in [4.78, 5) is 37.3. The van der Waals surface area contributed by atoms with Crippen LogP contribution < -0.4 is 0 Å². The summed E-state index contributed by atoms with van der Waals surface area (Å²) in [5, 5.41) is 16.4. The van der Waals surface area contributed by atoms with Gasteiger partial charge in [-0.2, -0.15) is 0 Å². The maximum Gasteiger partial charge on any atom is 0.361 e. The van der Waals surface area contributed by atoms with Gasteiger partial charge in [0.1, 0.15) is 15.8 Å². The van der Waals surface area contributed by atoms with Crippen molar-refractivity contribution in [2.45, 2.75) is 43.0 Å². The van der Waals surface area contributed by atoms with E-state index in [1.807, 2.05) is 0 Å². The molecule has 2 fully saturated rings. The van der Waals surface area contributed by atoms with E-state index in [4.69, 9.17) is 4.74 Å².